The van der Waals surface area contributed by atoms with Gasteiger partial charge in [0.05, 0.1) is 25.9 Å². The SMILES string of the molecule is COC(=O)[C@H](N)c1cc(C#N)cc(OC)c1O. The fraction of sp³-hybridized carbons (Fsp3) is 0.273. The second-order valence-electron chi connectivity index (χ2n) is 3.23. The molecule has 0 fully saturated rings. The van der Waals surface area contributed by atoms with E-state index in [0.29, 0.717) is 0 Å². The summed E-state index contributed by atoms with van der Waals surface area (Å²) < 4.78 is 9.35. The third-order valence-electron chi connectivity index (χ3n) is 2.24. The Labute approximate surface area is 98.2 Å². The lowest BCUT2D eigenvalue weighted by molar-refractivity contribution is -0.142. The van der Waals surface area contributed by atoms with Crippen molar-refractivity contribution in [1.82, 2.24) is 0 Å². The van der Waals surface area contributed by atoms with E-state index in [-0.39, 0.29) is 22.6 Å². The summed E-state index contributed by atoms with van der Waals surface area (Å²) >= 11 is 0. The number of aromatic hydroxyl groups is 1. The van der Waals surface area contributed by atoms with Crippen LogP contribution in [0.1, 0.15) is 17.2 Å². The van der Waals surface area contributed by atoms with Crippen molar-refractivity contribution < 1.29 is 19.4 Å². The minimum Gasteiger partial charge on any atom is -0.504 e. The maximum atomic E-state index is 11.3. The van der Waals surface area contributed by atoms with Crippen LogP contribution in [0.15, 0.2) is 12.1 Å². The lowest BCUT2D eigenvalue weighted by atomic mass is 10.0. The molecule has 0 aliphatic rings. The molecule has 0 bridgehead atoms. The van der Waals surface area contributed by atoms with Crippen molar-refractivity contribution in [3.8, 4) is 17.6 Å². The molecule has 0 aliphatic carbocycles. The molecule has 0 unspecified atom stereocenters. The van der Waals surface area contributed by atoms with Crippen LogP contribution >= 0.6 is 0 Å². The van der Waals surface area contributed by atoms with Gasteiger partial charge in [0.1, 0.15) is 6.04 Å². The van der Waals surface area contributed by atoms with Crippen LogP contribution in [-0.4, -0.2) is 25.3 Å². The predicted octanol–water partition coefficient (Wildman–Crippen LogP) is 0.445. The quantitative estimate of drug-likeness (QED) is 0.738. The lowest BCUT2D eigenvalue weighted by Gasteiger charge is -2.14. The number of nitrogens with two attached hydrogens (primary N) is 1. The molecule has 0 heterocycles. The number of phenols is 1. The molecule has 0 radical (unpaired) electrons. The van der Waals surface area contributed by atoms with Crippen LogP contribution in [0.25, 0.3) is 0 Å². The number of benzene rings is 1. The molecule has 1 aromatic rings. The van der Waals surface area contributed by atoms with Crippen molar-refractivity contribution in [2.24, 2.45) is 5.73 Å². The number of hydrogen-bond donors (Lipinski definition) is 2. The van der Waals surface area contributed by atoms with E-state index in [9.17, 15) is 9.90 Å². The predicted molar refractivity (Wildman–Crippen MR) is 58.3 cm³/mol. The van der Waals surface area contributed by atoms with E-state index >= 15 is 0 Å². The highest BCUT2D eigenvalue weighted by Crippen LogP contribution is 2.34. The number of phenolic OH excluding ortho intramolecular Hbond substituents is 1. The van der Waals surface area contributed by atoms with Crippen molar-refractivity contribution in [3.05, 3.63) is 23.3 Å². The van der Waals surface area contributed by atoms with Crippen LogP contribution in [-0.2, 0) is 9.53 Å². The van der Waals surface area contributed by atoms with E-state index in [1.54, 1.807) is 0 Å². The van der Waals surface area contributed by atoms with E-state index in [1.807, 2.05) is 6.07 Å². The van der Waals surface area contributed by atoms with Gasteiger partial charge in [-0.1, -0.05) is 0 Å². The maximum Gasteiger partial charge on any atom is 0.327 e. The molecular weight excluding hydrogens is 224 g/mol. The van der Waals surface area contributed by atoms with Crippen LogP contribution in [0.5, 0.6) is 11.5 Å². The second-order valence-corrected chi connectivity index (χ2v) is 3.23. The molecule has 1 atom stereocenters. The minimum absolute atomic E-state index is 0.0819. The molecule has 6 nitrogen and oxygen atoms in total. The summed E-state index contributed by atoms with van der Waals surface area (Å²) in [5.74, 6) is -0.903. The smallest absolute Gasteiger partial charge is 0.327 e. The summed E-state index contributed by atoms with van der Waals surface area (Å²) in [6, 6.07) is 3.39. The molecule has 3 N–H and O–H groups in total. The van der Waals surface area contributed by atoms with Gasteiger partial charge < -0.3 is 20.3 Å². The third kappa shape index (κ3) is 2.46. The Morgan fingerprint density at radius 1 is 1.53 bits per heavy atom. The minimum atomic E-state index is -1.16. The van der Waals surface area contributed by atoms with Crippen LogP contribution in [0, 0.1) is 11.3 Å². The lowest BCUT2D eigenvalue weighted by Crippen LogP contribution is -2.22. The molecule has 0 saturated carbocycles. The van der Waals surface area contributed by atoms with Gasteiger partial charge in [-0.3, -0.25) is 4.79 Å². The van der Waals surface area contributed by atoms with Crippen LogP contribution in [0.4, 0.5) is 0 Å². The molecule has 0 aromatic heterocycles. The number of hydrogen-bond acceptors (Lipinski definition) is 6. The first-order valence-electron chi connectivity index (χ1n) is 4.69. The van der Waals surface area contributed by atoms with Crippen LogP contribution < -0.4 is 10.5 Å². The summed E-state index contributed by atoms with van der Waals surface area (Å²) in [5.41, 5.74) is 5.92. The summed E-state index contributed by atoms with van der Waals surface area (Å²) in [4.78, 5) is 11.3. The van der Waals surface area contributed by atoms with Gasteiger partial charge in [-0.05, 0) is 6.07 Å². The number of rotatable bonds is 3. The van der Waals surface area contributed by atoms with E-state index in [0.717, 1.165) is 0 Å². The Bertz CT molecular complexity index is 479. The van der Waals surface area contributed by atoms with Gasteiger partial charge in [-0.15, -0.1) is 0 Å². The second kappa shape index (κ2) is 5.18. The Kier molecular flexibility index (Phi) is 3.91. The van der Waals surface area contributed by atoms with Gasteiger partial charge >= 0.3 is 5.97 Å². The number of nitrogens with zero attached hydrogens (tertiary/aromatic N) is 1. The molecule has 0 spiro atoms. The van der Waals surface area contributed by atoms with E-state index in [1.165, 1.54) is 26.4 Å². The average molecular weight is 236 g/mol. The molecule has 1 rings (SSSR count). The van der Waals surface area contributed by atoms with Gasteiger partial charge in [0.15, 0.2) is 11.5 Å². The number of esters is 1. The monoisotopic (exact) mass is 236 g/mol. The molecule has 6 heteroatoms. The molecule has 0 saturated heterocycles. The van der Waals surface area contributed by atoms with Gasteiger partial charge in [-0.25, -0.2) is 0 Å². The van der Waals surface area contributed by atoms with E-state index in [4.69, 9.17) is 15.7 Å². The number of ether oxygens (including phenoxy) is 2. The van der Waals surface area contributed by atoms with Gasteiger partial charge in [0, 0.05) is 11.6 Å². The first-order chi connectivity index (χ1) is 8.04. The van der Waals surface area contributed by atoms with Gasteiger partial charge in [0.25, 0.3) is 0 Å². The van der Waals surface area contributed by atoms with Crippen molar-refractivity contribution in [3.63, 3.8) is 0 Å². The number of carbonyl (C=O) groups is 1. The Balaban J connectivity index is 3.32. The van der Waals surface area contributed by atoms with Crippen molar-refractivity contribution >= 4 is 5.97 Å². The van der Waals surface area contributed by atoms with E-state index < -0.39 is 12.0 Å². The molecule has 0 amide bonds. The zero-order valence-corrected chi connectivity index (χ0v) is 9.43. The molecular formula is C11H12N2O4. The maximum absolute atomic E-state index is 11.3. The Morgan fingerprint density at radius 2 is 2.18 bits per heavy atom. The zero-order chi connectivity index (χ0) is 13.0. The van der Waals surface area contributed by atoms with Crippen molar-refractivity contribution in [1.29, 1.82) is 5.26 Å². The third-order valence-corrected chi connectivity index (χ3v) is 2.24. The zero-order valence-electron chi connectivity index (χ0n) is 9.43. The highest BCUT2D eigenvalue weighted by Gasteiger charge is 2.23. The summed E-state index contributed by atoms with van der Waals surface area (Å²) in [5, 5.41) is 18.6. The van der Waals surface area contributed by atoms with Crippen molar-refractivity contribution in [2.75, 3.05) is 14.2 Å². The van der Waals surface area contributed by atoms with Crippen LogP contribution in [0.3, 0.4) is 0 Å². The van der Waals surface area contributed by atoms with Gasteiger partial charge in [0.2, 0.25) is 0 Å². The standard InChI is InChI=1S/C11H12N2O4/c1-16-8-4-6(5-12)3-7(10(8)14)9(13)11(15)17-2/h3-4,9,14H,13H2,1-2H3/t9-/m1/s1. The fourth-order valence-electron chi connectivity index (χ4n) is 1.34. The largest absolute Gasteiger partial charge is 0.504 e. The van der Waals surface area contributed by atoms with Gasteiger partial charge in [-0.2, -0.15) is 5.26 Å². The van der Waals surface area contributed by atoms with E-state index in [2.05, 4.69) is 4.74 Å². The number of carbonyl (C=O) groups excluding carboxylic acids is 1. The highest BCUT2D eigenvalue weighted by atomic mass is 16.5. The topological polar surface area (TPSA) is 106 Å². The van der Waals surface area contributed by atoms with Crippen molar-refractivity contribution in [2.45, 2.75) is 6.04 Å². The summed E-state index contributed by atoms with van der Waals surface area (Å²) in [6.45, 7) is 0. The molecule has 17 heavy (non-hydrogen) atoms. The Morgan fingerprint density at radius 3 is 2.65 bits per heavy atom. The highest BCUT2D eigenvalue weighted by molar-refractivity contribution is 5.79. The molecule has 0 aliphatic heterocycles. The normalized spacial score (nSPS) is 11.4. The first-order valence-corrected chi connectivity index (χ1v) is 4.69. The summed E-state index contributed by atoms with van der Waals surface area (Å²) in [7, 11) is 2.52. The Hall–Kier alpha value is -2.26. The summed E-state index contributed by atoms with van der Waals surface area (Å²) in [6.07, 6.45) is 0. The average Bonchev–Trinajstić information content (AvgIpc) is 2.37. The fourth-order valence-corrected chi connectivity index (χ4v) is 1.34. The number of methoxy groups -OCH3 is 2. The van der Waals surface area contributed by atoms with Crippen LogP contribution in [0.2, 0.25) is 0 Å². The molecule has 90 valence electrons. The number of nitriles is 1. The molecule has 1 aromatic carbocycles. The first kappa shape index (κ1) is 12.8.